The number of likely N-dealkylation sites (tertiary alicyclic amines) is 2. The van der Waals surface area contributed by atoms with Gasteiger partial charge in [0.15, 0.2) is 5.82 Å². The molecule has 4 bridgehead atoms. The van der Waals surface area contributed by atoms with Gasteiger partial charge < -0.3 is 19.7 Å². The summed E-state index contributed by atoms with van der Waals surface area (Å²) in [6.07, 6.45) is 4.75. The molecule has 1 N–H and O–H groups in total. The Morgan fingerprint density at radius 1 is 1.02 bits per heavy atom. The zero-order chi connectivity index (χ0) is 37.0. The van der Waals surface area contributed by atoms with Crippen LogP contribution in [0.3, 0.4) is 0 Å². The summed E-state index contributed by atoms with van der Waals surface area (Å²) in [4.78, 5) is 37.4. The minimum Gasteiger partial charge on any atom is -0.337 e. The second kappa shape index (κ2) is 12.8. The third-order valence-corrected chi connectivity index (χ3v) is 13.7. The number of nitrogens with one attached hydrogen (secondary N) is 1. The Balaban J connectivity index is 1.19. The van der Waals surface area contributed by atoms with Crippen molar-refractivity contribution in [2.75, 3.05) is 13.1 Å². The first-order valence-electron chi connectivity index (χ1n) is 19.1. The minimum atomic E-state index is -0.491. The smallest absolute Gasteiger partial charge is 0.254 e. The monoisotopic (exact) mass is 760 g/mol. The van der Waals surface area contributed by atoms with Crippen LogP contribution >= 0.6 is 23.2 Å². The lowest BCUT2D eigenvalue weighted by Gasteiger charge is -2.44. The Bertz CT molecular complexity index is 2430. The van der Waals surface area contributed by atoms with Gasteiger partial charge in [-0.05, 0) is 87.3 Å². The molecule has 0 radical (unpaired) electrons. The molecule has 6 heterocycles. The Hall–Kier alpha value is -4.49. The van der Waals surface area contributed by atoms with Crippen LogP contribution in [-0.2, 0) is 11.2 Å². The van der Waals surface area contributed by atoms with E-state index in [9.17, 15) is 14.9 Å². The third kappa shape index (κ3) is 5.13. The Morgan fingerprint density at radius 3 is 2.56 bits per heavy atom. The minimum absolute atomic E-state index is 0.00590. The highest BCUT2D eigenvalue weighted by Gasteiger charge is 2.54. The Kier molecular flexibility index (Phi) is 8.06. The summed E-state index contributed by atoms with van der Waals surface area (Å²) in [5, 5.41) is 15.5. The lowest BCUT2D eigenvalue weighted by Crippen LogP contribution is -2.48. The number of rotatable bonds is 7. The average Bonchev–Trinajstić information content (AvgIpc) is 3.43. The van der Waals surface area contributed by atoms with Gasteiger partial charge in [0, 0.05) is 76.4 Å². The van der Waals surface area contributed by atoms with Gasteiger partial charge in [0.05, 0.1) is 39.8 Å². The van der Waals surface area contributed by atoms with E-state index >= 15 is 4.39 Å². The molecule has 3 aromatic carbocycles. The number of pyridine rings is 1. The molecule has 2 saturated carbocycles. The van der Waals surface area contributed by atoms with Crippen molar-refractivity contribution in [3.63, 3.8) is 0 Å². The molecule has 274 valence electrons. The summed E-state index contributed by atoms with van der Waals surface area (Å²) in [5.74, 6) is 0.0993. The van der Waals surface area contributed by atoms with E-state index in [4.69, 9.17) is 28.2 Å². The molecule has 2 aliphatic carbocycles. The lowest BCUT2D eigenvalue weighted by molar-refractivity contribution is -0.139. The molecular weight excluding hydrogens is 722 g/mol. The maximum absolute atomic E-state index is 17.3. The fourth-order valence-corrected chi connectivity index (χ4v) is 10.6. The van der Waals surface area contributed by atoms with Gasteiger partial charge in [-0.3, -0.25) is 9.59 Å². The SMILES string of the molecule is Cc1nc2c(F)c(-c3cccc(Cl)c3Cl)c(CCC#N)cc2c2c1cc(C1CC3CC(CN3C(=O)c3ccccc3)N1C(=O)C1CC1)n2C1C2CNC1C2. The van der Waals surface area contributed by atoms with Crippen LogP contribution in [0.25, 0.3) is 32.9 Å². The number of carbonyl (C=O) groups excluding carboxylic acids is 2. The van der Waals surface area contributed by atoms with E-state index in [-0.39, 0.29) is 64.9 Å². The molecule has 2 aromatic heterocycles. The van der Waals surface area contributed by atoms with Gasteiger partial charge in [-0.1, -0.05) is 53.5 Å². The number of carbonyl (C=O) groups is 2. The maximum atomic E-state index is 17.3. The van der Waals surface area contributed by atoms with Crippen LogP contribution in [0.15, 0.2) is 60.7 Å². The molecule has 6 fully saturated rings. The first kappa shape index (κ1) is 34.0. The normalized spacial score (nSPS) is 25.7. The van der Waals surface area contributed by atoms with Gasteiger partial charge in [0.2, 0.25) is 5.91 Å². The maximum Gasteiger partial charge on any atom is 0.254 e. The number of halogens is 3. The highest BCUT2D eigenvalue weighted by atomic mass is 35.5. The molecule has 4 aliphatic heterocycles. The van der Waals surface area contributed by atoms with Gasteiger partial charge >= 0.3 is 0 Å². The molecule has 11 heteroatoms. The standard InChI is InChI=1S/C43H39Cl2FN6O2/c1-22-30-19-35(34-18-27-17-28(51(34)43(54)24-12-13-24)21-50(27)42(53)23-7-3-2-4-8-23)52(40-26-16-33(40)48-20-26)41(30)31-15-25(9-6-14-47)36(38(46)39(31)49-22)29-10-5-11-32(44)37(29)45/h2-5,7-8,10-11,15,19,24,26-28,33-34,40,48H,6,9,12-13,16-18,20-21H2,1H3. The van der Waals surface area contributed by atoms with Crippen LogP contribution in [0.1, 0.15) is 77.9 Å². The lowest BCUT2D eigenvalue weighted by atomic mass is 9.79. The molecule has 6 unspecified atom stereocenters. The third-order valence-electron chi connectivity index (χ3n) is 12.9. The molecule has 0 spiro atoms. The second-order valence-electron chi connectivity index (χ2n) is 15.9. The van der Waals surface area contributed by atoms with Crippen molar-refractivity contribution in [2.45, 2.75) is 82.1 Å². The largest absolute Gasteiger partial charge is 0.337 e. The van der Waals surface area contributed by atoms with Gasteiger partial charge in [-0.15, -0.1) is 0 Å². The van der Waals surface area contributed by atoms with E-state index in [1.807, 2.05) is 48.2 Å². The van der Waals surface area contributed by atoms with Gasteiger partial charge in [0.1, 0.15) is 5.52 Å². The second-order valence-corrected chi connectivity index (χ2v) is 16.7. The molecular formula is C43H39Cl2FN6O2. The first-order valence-corrected chi connectivity index (χ1v) is 19.9. The number of amides is 2. The Morgan fingerprint density at radius 2 is 1.83 bits per heavy atom. The van der Waals surface area contributed by atoms with Crippen LogP contribution in [0, 0.1) is 35.9 Å². The number of hydrogen-bond acceptors (Lipinski definition) is 5. The number of piperidine rings is 1. The van der Waals surface area contributed by atoms with Crippen molar-refractivity contribution >= 4 is 56.8 Å². The average molecular weight is 762 g/mol. The van der Waals surface area contributed by atoms with Gasteiger partial charge in [-0.25, -0.2) is 9.37 Å². The quantitative estimate of drug-likeness (QED) is 0.180. The summed E-state index contributed by atoms with van der Waals surface area (Å²) in [6.45, 7) is 3.34. The van der Waals surface area contributed by atoms with Crippen molar-refractivity contribution in [3.8, 4) is 17.2 Å². The number of fused-ring (bicyclic) bond motifs is 6. The molecule has 2 amide bonds. The highest BCUT2D eigenvalue weighted by Crippen LogP contribution is 2.52. The predicted octanol–water partition coefficient (Wildman–Crippen LogP) is 8.57. The fraction of sp³-hybridized carbons (Fsp3) is 0.395. The number of aryl methyl sites for hydroxylation is 2. The predicted molar refractivity (Wildman–Crippen MR) is 207 cm³/mol. The van der Waals surface area contributed by atoms with E-state index in [2.05, 4.69) is 26.9 Å². The van der Waals surface area contributed by atoms with Crippen molar-refractivity contribution in [2.24, 2.45) is 11.8 Å². The van der Waals surface area contributed by atoms with E-state index in [1.165, 1.54) is 0 Å². The van der Waals surface area contributed by atoms with Crippen molar-refractivity contribution < 1.29 is 14.0 Å². The van der Waals surface area contributed by atoms with Crippen LogP contribution < -0.4 is 5.32 Å². The summed E-state index contributed by atoms with van der Waals surface area (Å²) < 4.78 is 19.7. The van der Waals surface area contributed by atoms with Crippen molar-refractivity contribution in [3.05, 3.63) is 99.0 Å². The van der Waals surface area contributed by atoms with Crippen LogP contribution in [-0.4, -0.2) is 62.4 Å². The number of hydrogen-bond donors (Lipinski definition) is 1. The van der Waals surface area contributed by atoms with E-state index in [0.717, 1.165) is 48.8 Å². The number of benzene rings is 3. The zero-order valence-corrected chi connectivity index (χ0v) is 31.4. The molecule has 11 rings (SSSR count). The van der Waals surface area contributed by atoms with Gasteiger partial charge in [0.25, 0.3) is 5.91 Å². The topological polar surface area (TPSA) is 94.3 Å². The molecule has 4 saturated heterocycles. The molecule has 6 aliphatic rings. The molecule has 6 atom stereocenters. The summed E-state index contributed by atoms with van der Waals surface area (Å²) >= 11 is 13.2. The van der Waals surface area contributed by atoms with Crippen LogP contribution in [0.5, 0.6) is 0 Å². The van der Waals surface area contributed by atoms with Crippen molar-refractivity contribution in [1.82, 2.24) is 24.7 Å². The summed E-state index contributed by atoms with van der Waals surface area (Å²) in [7, 11) is 0. The number of nitrogens with zero attached hydrogens (tertiary/aromatic N) is 5. The van der Waals surface area contributed by atoms with Crippen molar-refractivity contribution in [1.29, 1.82) is 5.26 Å². The molecule has 5 aromatic rings. The summed E-state index contributed by atoms with van der Waals surface area (Å²) in [5.41, 5.74) is 4.99. The first-order chi connectivity index (χ1) is 26.2. The molecule has 54 heavy (non-hydrogen) atoms. The van der Waals surface area contributed by atoms with Crippen LogP contribution in [0.2, 0.25) is 10.0 Å². The van der Waals surface area contributed by atoms with E-state index < -0.39 is 5.82 Å². The van der Waals surface area contributed by atoms with Crippen LogP contribution in [0.4, 0.5) is 4.39 Å². The fourth-order valence-electron chi connectivity index (χ4n) is 10.2. The summed E-state index contributed by atoms with van der Waals surface area (Å²) in [6, 6.07) is 21.1. The van der Waals surface area contributed by atoms with E-state index in [1.54, 1.807) is 18.2 Å². The van der Waals surface area contributed by atoms with E-state index in [0.29, 0.717) is 63.7 Å². The Labute approximate surface area is 322 Å². The van der Waals surface area contributed by atoms with Gasteiger partial charge in [-0.2, -0.15) is 5.26 Å². The highest BCUT2D eigenvalue weighted by molar-refractivity contribution is 6.43. The molecule has 8 nitrogen and oxygen atoms in total. The number of aromatic nitrogens is 2. The zero-order valence-electron chi connectivity index (χ0n) is 29.9. The number of nitriles is 1.